The van der Waals surface area contributed by atoms with Crippen LogP contribution in [0.3, 0.4) is 0 Å². The highest BCUT2D eigenvalue weighted by atomic mass is 16.3. The summed E-state index contributed by atoms with van der Waals surface area (Å²) in [5.74, 6) is 0.169. The van der Waals surface area contributed by atoms with Crippen LogP contribution in [0.5, 0.6) is 0 Å². The topological polar surface area (TPSA) is 40.5 Å². The number of likely N-dealkylation sites (tertiary alicyclic amines) is 1. The van der Waals surface area contributed by atoms with Gasteiger partial charge in [-0.05, 0) is 25.3 Å². The SMILES string of the molecule is Cc1cccc(CC(=O)N2CCC(O)CC2)c1. The number of aliphatic hydroxyl groups is 1. The maximum absolute atomic E-state index is 12.0. The Morgan fingerprint density at radius 1 is 1.41 bits per heavy atom. The van der Waals surface area contributed by atoms with E-state index in [-0.39, 0.29) is 12.0 Å². The van der Waals surface area contributed by atoms with E-state index in [0.29, 0.717) is 32.4 Å². The summed E-state index contributed by atoms with van der Waals surface area (Å²) in [6.07, 6.45) is 1.66. The molecular weight excluding hydrogens is 214 g/mol. The molecule has 1 N–H and O–H groups in total. The molecule has 1 saturated heterocycles. The van der Waals surface area contributed by atoms with Crippen molar-refractivity contribution in [2.45, 2.75) is 32.3 Å². The lowest BCUT2D eigenvalue weighted by atomic mass is 10.1. The molecule has 17 heavy (non-hydrogen) atoms. The minimum atomic E-state index is -0.224. The van der Waals surface area contributed by atoms with Gasteiger partial charge in [0.1, 0.15) is 0 Å². The normalized spacial score (nSPS) is 17.2. The summed E-state index contributed by atoms with van der Waals surface area (Å²) in [6, 6.07) is 8.06. The van der Waals surface area contributed by atoms with Gasteiger partial charge in [0, 0.05) is 13.1 Å². The molecule has 1 aromatic carbocycles. The van der Waals surface area contributed by atoms with E-state index in [1.165, 1.54) is 5.56 Å². The van der Waals surface area contributed by atoms with Gasteiger partial charge in [-0.15, -0.1) is 0 Å². The lowest BCUT2D eigenvalue weighted by molar-refractivity contribution is -0.132. The van der Waals surface area contributed by atoms with E-state index < -0.39 is 0 Å². The van der Waals surface area contributed by atoms with Crippen LogP contribution in [-0.4, -0.2) is 35.1 Å². The van der Waals surface area contributed by atoms with Gasteiger partial charge in [0.05, 0.1) is 12.5 Å². The Kier molecular flexibility index (Phi) is 3.79. The second-order valence-corrected chi connectivity index (χ2v) is 4.78. The van der Waals surface area contributed by atoms with Gasteiger partial charge in [0.2, 0.25) is 5.91 Å². The Hall–Kier alpha value is -1.35. The van der Waals surface area contributed by atoms with Crippen molar-refractivity contribution < 1.29 is 9.90 Å². The first-order valence-corrected chi connectivity index (χ1v) is 6.16. The van der Waals surface area contributed by atoms with E-state index in [0.717, 1.165) is 5.56 Å². The van der Waals surface area contributed by atoms with Crippen LogP contribution in [0.25, 0.3) is 0 Å². The third kappa shape index (κ3) is 3.30. The molecule has 2 rings (SSSR count). The van der Waals surface area contributed by atoms with Crippen LogP contribution < -0.4 is 0 Å². The Labute approximate surface area is 102 Å². The zero-order valence-electron chi connectivity index (χ0n) is 10.2. The van der Waals surface area contributed by atoms with Crippen LogP contribution in [-0.2, 0) is 11.2 Å². The molecular formula is C14H19NO2. The molecule has 0 radical (unpaired) electrons. The number of aryl methyl sites for hydroxylation is 1. The number of carbonyl (C=O) groups is 1. The van der Waals surface area contributed by atoms with Crippen LogP contribution in [0.15, 0.2) is 24.3 Å². The molecule has 1 aromatic rings. The first-order chi connectivity index (χ1) is 8.15. The lowest BCUT2D eigenvalue weighted by Gasteiger charge is -2.29. The smallest absolute Gasteiger partial charge is 0.226 e. The number of benzene rings is 1. The quantitative estimate of drug-likeness (QED) is 0.841. The fourth-order valence-corrected chi connectivity index (χ4v) is 2.22. The summed E-state index contributed by atoms with van der Waals surface area (Å²) in [7, 11) is 0. The van der Waals surface area contributed by atoms with Crippen molar-refractivity contribution in [3.63, 3.8) is 0 Å². The van der Waals surface area contributed by atoms with Gasteiger partial charge in [-0.1, -0.05) is 29.8 Å². The average molecular weight is 233 g/mol. The molecule has 0 unspecified atom stereocenters. The Morgan fingerprint density at radius 3 is 2.76 bits per heavy atom. The van der Waals surface area contributed by atoms with E-state index >= 15 is 0 Å². The lowest BCUT2D eigenvalue weighted by Crippen LogP contribution is -2.40. The van der Waals surface area contributed by atoms with Gasteiger partial charge in [0.25, 0.3) is 0 Å². The first kappa shape index (κ1) is 12.1. The Balaban J connectivity index is 1.93. The molecule has 0 bridgehead atoms. The average Bonchev–Trinajstić information content (AvgIpc) is 2.29. The van der Waals surface area contributed by atoms with Crippen LogP contribution in [0.1, 0.15) is 24.0 Å². The van der Waals surface area contributed by atoms with Crippen molar-refractivity contribution in [2.75, 3.05) is 13.1 Å². The molecule has 0 atom stereocenters. The molecule has 0 spiro atoms. The number of hydrogen-bond acceptors (Lipinski definition) is 2. The number of rotatable bonds is 2. The van der Waals surface area contributed by atoms with Crippen molar-refractivity contribution in [2.24, 2.45) is 0 Å². The maximum atomic E-state index is 12.0. The van der Waals surface area contributed by atoms with Gasteiger partial charge in [-0.2, -0.15) is 0 Å². The van der Waals surface area contributed by atoms with Gasteiger partial charge >= 0.3 is 0 Å². The largest absolute Gasteiger partial charge is 0.393 e. The monoisotopic (exact) mass is 233 g/mol. The van der Waals surface area contributed by atoms with Gasteiger partial charge in [0.15, 0.2) is 0 Å². The third-order valence-corrected chi connectivity index (χ3v) is 3.26. The summed E-state index contributed by atoms with van der Waals surface area (Å²) in [5, 5.41) is 9.40. The molecule has 1 fully saturated rings. The predicted molar refractivity (Wildman–Crippen MR) is 66.7 cm³/mol. The summed E-state index contributed by atoms with van der Waals surface area (Å²) in [4.78, 5) is 13.9. The molecule has 1 aliphatic rings. The van der Waals surface area contributed by atoms with Crippen molar-refractivity contribution in [3.05, 3.63) is 35.4 Å². The van der Waals surface area contributed by atoms with E-state index in [9.17, 15) is 9.90 Å². The molecule has 92 valence electrons. The molecule has 0 aromatic heterocycles. The van der Waals surface area contributed by atoms with Gasteiger partial charge in [-0.3, -0.25) is 4.79 Å². The highest BCUT2D eigenvalue weighted by Crippen LogP contribution is 2.12. The number of aliphatic hydroxyl groups excluding tert-OH is 1. The second kappa shape index (κ2) is 5.32. The number of nitrogens with zero attached hydrogens (tertiary/aromatic N) is 1. The number of amides is 1. The van der Waals surface area contributed by atoms with E-state index in [4.69, 9.17) is 0 Å². The molecule has 3 nitrogen and oxygen atoms in total. The van der Waals surface area contributed by atoms with Gasteiger partial charge < -0.3 is 10.0 Å². The Morgan fingerprint density at radius 2 is 2.12 bits per heavy atom. The number of hydrogen-bond donors (Lipinski definition) is 1. The van der Waals surface area contributed by atoms with E-state index in [1.807, 2.05) is 30.0 Å². The van der Waals surface area contributed by atoms with Crippen molar-refractivity contribution in [3.8, 4) is 0 Å². The van der Waals surface area contributed by atoms with Crippen molar-refractivity contribution >= 4 is 5.91 Å². The predicted octanol–water partition coefficient (Wildman–Crippen LogP) is 1.52. The summed E-state index contributed by atoms with van der Waals surface area (Å²) in [5.41, 5.74) is 2.26. The molecule has 0 aliphatic carbocycles. The molecule has 1 heterocycles. The summed E-state index contributed by atoms with van der Waals surface area (Å²) in [6.45, 7) is 3.41. The standard InChI is InChI=1S/C14H19NO2/c1-11-3-2-4-12(9-11)10-14(17)15-7-5-13(16)6-8-15/h2-4,9,13,16H,5-8,10H2,1H3. The number of piperidine rings is 1. The Bertz CT molecular complexity index is 395. The zero-order chi connectivity index (χ0) is 12.3. The minimum absolute atomic E-state index is 0.169. The number of carbonyl (C=O) groups excluding carboxylic acids is 1. The minimum Gasteiger partial charge on any atom is -0.393 e. The van der Waals surface area contributed by atoms with Crippen LogP contribution in [0, 0.1) is 6.92 Å². The summed E-state index contributed by atoms with van der Waals surface area (Å²) < 4.78 is 0. The van der Waals surface area contributed by atoms with E-state index in [1.54, 1.807) is 0 Å². The first-order valence-electron chi connectivity index (χ1n) is 6.16. The second-order valence-electron chi connectivity index (χ2n) is 4.78. The van der Waals surface area contributed by atoms with Crippen LogP contribution in [0.2, 0.25) is 0 Å². The molecule has 1 amide bonds. The fourth-order valence-electron chi connectivity index (χ4n) is 2.22. The molecule has 1 aliphatic heterocycles. The fraction of sp³-hybridized carbons (Fsp3) is 0.500. The van der Waals surface area contributed by atoms with Crippen molar-refractivity contribution in [1.82, 2.24) is 4.90 Å². The third-order valence-electron chi connectivity index (χ3n) is 3.26. The molecule has 0 saturated carbocycles. The van der Waals surface area contributed by atoms with E-state index in [2.05, 4.69) is 6.07 Å². The van der Waals surface area contributed by atoms with Crippen molar-refractivity contribution in [1.29, 1.82) is 0 Å². The van der Waals surface area contributed by atoms with Crippen LogP contribution in [0.4, 0.5) is 0 Å². The summed E-state index contributed by atoms with van der Waals surface area (Å²) >= 11 is 0. The highest BCUT2D eigenvalue weighted by molar-refractivity contribution is 5.78. The highest BCUT2D eigenvalue weighted by Gasteiger charge is 2.21. The van der Waals surface area contributed by atoms with Gasteiger partial charge in [-0.25, -0.2) is 0 Å². The maximum Gasteiger partial charge on any atom is 0.226 e. The van der Waals surface area contributed by atoms with Crippen LogP contribution >= 0.6 is 0 Å². The molecule has 3 heteroatoms. The zero-order valence-corrected chi connectivity index (χ0v) is 10.2.